The molecule has 1 aromatic carbocycles. The van der Waals surface area contributed by atoms with Gasteiger partial charge in [0.25, 0.3) is 0 Å². The van der Waals surface area contributed by atoms with Crippen molar-refractivity contribution in [1.29, 1.82) is 0 Å². The highest BCUT2D eigenvalue weighted by Crippen LogP contribution is 2.54. The fourth-order valence-corrected chi connectivity index (χ4v) is 5.30. The van der Waals surface area contributed by atoms with E-state index >= 15 is 0 Å². The summed E-state index contributed by atoms with van der Waals surface area (Å²) in [6, 6.07) is 10.2. The number of nitrogens with zero attached hydrogens (tertiary/aromatic N) is 3. The van der Waals surface area contributed by atoms with Gasteiger partial charge in [0, 0.05) is 28.0 Å². The van der Waals surface area contributed by atoms with Crippen LogP contribution in [-0.2, 0) is 18.3 Å². The monoisotopic (exact) mass is 375 g/mol. The first-order valence-corrected chi connectivity index (χ1v) is 10.1. The molecular weight excluding hydrogens is 350 g/mol. The van der Waals surface area contributed by atoms with E-state index in [1.54, 1.807) is 0 Å². The van der Waals surface area contributed by atoms with Gasteiger partial charge in [-0.3, -0.25) is 0 Å². The molecule has 2 aliphatic rings. The minimum Gasteiger partial charge on any atom is -0.478 e. The van der Waals surface area contributed by atoms with Crippen LogP contribution in [0.5, 0.6) is 5.88 Å². The van der Waals surface area contributed by atoms with E-state index in [1.807, 2.05) is 31.3 Å². The zero-order chi connectivity index (χ0) is 19.3. The third-order valence-corrected chi connectivity index (χ3v) is 6.60. The van der Waals surface area contributed by atoms with E-state index in [9.17, 15) is 0 Å². The van der Waals surface area contributed by atoms with Crippen molar-refractivity contribution in [3.63, 3.8) is 0 Å². The van der Waals surface area contributed by atoms with Gasteiger partial charge >= 0.3 is 0 Å². The summed E-state index contributed by atoms with van der Waals surface area (Å²) in [7, 11) is 0. The van der Waals surface area contributed by atoms with E-state index in [-0.39, 0.29) is 5.41 Å². The predicted molar refractivity (Wildman–Crippen MR) is 106 cm³/mol. The van der Waals surface area contributed by atoms with Crippen LogP contribution < -0.4 is 4.74 Å². The van der Waals surface area contributed by atoms with Gasteiger partial charge in [-0.25, -0.2) is 4.98 Å². The van der Waals surface area contributed by atoms with Gasteiger partial charge in [0.05, 0.1) is 18.5 Å². The van der Waals surface area contributed by atoms with Crippen LogP contribution >= 0.6 is 0 Å². The lowest BCUT2D eigenvalue weighted by Crippen LogP contribution is -2.45. The van der Waals surface area contributed by atoms with Gasteiger partial charge in [-0.15, -0.1) is 0 Å². The van der Waals surface area contributed by atoms with E-state index < -0.39 is 0 Å². The molecule has 0 saturated heterocycles. The van der Waals surface area contributed by atoms with Gasteiger partial charge < -0.3 is 9.26 Å². The van der Waals surface area contributed by atoms with Crippen LogP contribution in [0.2, 0.25) is 0 Å². The summed E-state index contributed by atoms with van der Waals surface area (Å²) in [4.78, 5) is 9.94. The van der Waals surface area contributed by atoms with Crippen LogP contribution in [0.4, 0.5) is 0 Å². The molecule has 5 nitrogen and oxygen atoms in total. The molecule has 0 saturated carbocycles. The minimum atomic E-state index is -0.0795. The number of aromatic nitrogens is 3. The second-order valence-electron chi connectivity index (χ2n) is 8.22. The van der Waals surface area contributed by atoms with Crippen molar-refractivity contribution in [2.24, 2.45) is 5.92 Å². The van der Waals surface area contributed by atoms with Crippen LogP contribution in [0.3, 0.4) is 0 Å². The zero-order valence-corrected chi connectivity index (χ0v) is 16.6. The Balaban J connectivity index is 1.71. The molecule has 3 aromatic rings. The summed E-state index contributed by atoms with van der Waals surface area (Å²) in [6.45, 7) is 7.22. The summed E-state index contributed by atoms with van der Waals surface area (Å²) in [5, 5.41) is 4.08. The number of benzene rings is 1. The largest absolute Gasteiger partial charge is 0.478 e. The molecule has 5 heteroatoms. The van der Waals surface area contributed by atoms with E-state index in [4.69, 9.17) is 19.2 Å². The lowest BCUT2D eigenvalue weighted by Gasteiger charge is -2.47. The van der Waals surface area contributed by atoms with Crippen LogP contribution in [0.15, 0.2) is 41.1 Å². The molecule has 0 amide bonds. The van der Waals surface area contributed by atoms with Crippen molar-refractivity contribution in [3.05, 3.63) is 59.1 Å². The molecule has 2 aliphatic carbocycles. The van der Waals surface area contributed by atoms with E-state index in [2.05, 4.69) is 31.1 Å². The fourth-order valence-electron chi connectivity index (χ4n) is 5.30. The number of fused-ring (bicyclic) bond motifs is 4. The Morgan fingerprint density at radius 1 is 1.21 bits per heavy atom. The van der Waals surface area contributed by atoms with Crippen molar-refractivity contribution in [1.82, 2.24) is 15.1 Å². The molecule has 0 N–H and O–H groups in total. The maximum atomic E-state index is 5.99. The maximum Gasteiger partial charge on any atom is 0.220 e. The summed E-state index contributed by atoms with van der Waals surface area (Å²) in [6.07, 6.45) is 4.79. The van der Waals surface area contributed by atoms with Gasteiger partial charge in [-0.1, -0.05) is 49.3 Å². The molecule has 0 unspecified atom stereocenters. The predicted octanol–water partition coefficient (Wildman–Crippen LogP) is 4.71. The average Bonchev–Trinajstić information content (AvgIpc) is 3.17. The maximum absolute atomic E-state index is 5.99. The van der Waals surface area contributed by atoms with Crippen molar-refractivity contribution < 1.29 is 9.26 Å². The third kappa shape index (κ3) is 2.49. The smallest absolute Gasteiger partial charge is 0.220 e. The third-order valence-electron chi connectivity index (χ3n) is 6.60. The highest BCUT2D eigenvalue weighted by Gasteiger charge is 2.50. The second-order valence-corrected chi connectivity index (χ2v) is 8.22. The lowest BCUT2D eigenvalue weighted by molar-refractivity contribution is 0.169. The van der Waals surface area contributed by atoms with Crippen molar-refractivity contribution in [2.75, 3.05) is 6.61 Å². The molecule has 5 rings (SSSR count). The molecule has 144 valence electrons. The molecule has 0 aliphatic heterocycles. The first-order valence-electron chi connectivity index (χ1n) is 10.1. The number of rotatable bonds is 3. The summed E-state index contributed by atoms with van der Waals surface area (Å²) >= 11 is 0. The molecular formula is C23H25N3O2. The molecule has 2 heterocycles. The molecule has 3 atom stereocenters. The number of hydrogen-bond acceptors (Lipinski definition) is 5. The summed E-state index contributed by atoms with van der Waals surface area (Å²) < 4.78 is 11.6. The highest BCUT2D eigenvalue weighted by atomic mass is 16.5. The second kappa shape index (κ2) is 6.43. The Hall–Kier alpha value is -2.69. The Labute approximate surface area is 165 Å². The normalized spacial score (nSPS) is 25.5. The van der Waals surface area contributed by atoms with E-state index in [1.165, 1.54) is 11.1 Å². The first-order chi connectivity index (χ1) is 13.6. The molecule has 0 fully saturated rings. The zero-order valence-electron chi connectivity index (χ0n) is 16.6. The van der Waals surface area contributed by atoms with Crippen LogP contribution in [0.1, 0.15) is 55.7 Å². The average molecular weight is 375 g/mol. The van der Waals surface area contributed by atoms with Crippen molar-refractivity contribution in [3.8, 4) is 17.3 Å². The van der Waals surface area contributed by atoms with Gasteiger partial charge in [0.2, 0.25) is 5.88 Å². The number of ether oxygens (including phenoxy) is 1. The van der Waals surface area contributed by atoms with E-state index in [0.717, 1.165) is 48.0 Å². The molecule has 0 bridgehead atoms. The Kier molecular flexibility index (Phi) is 4.00. The van der Waals surface area contributed by atoms with Crippen LogP contribution in [0, 0.1) is 5.92 Å². The quantitative estimate of drug-likeness (QED) is 0.663. The lowest BCUT2D eigenvalue weighted by atomic mass is 9.56. The fraction of sp³-hybridized carbons (Fsp3) is 0.435. The van der Waals surface area contributed by atoms with Crippen molar-refractivity contribution in [2.45, 2.75) is 51.4 Å². The Bertz CT molecular complexity index is 1010. The van der Waals surface area contributed by atoms with Gasteiger partial charge in [0.1, 0.15) is 5.76 Å². The summed E-state index contributed by atoms with van der Waals surface area (Å²) in [5.74, 6) is 3.33. The molecule has 28 heavy (non-hydrogen) atoms. The van der Waals surface area contributed by atoms with E-state index in [0.29, 0.717) is 18.4 Å². The van der Waals surface area contributed by atoms with Gasteiger partial charge in [-0.2, -0.15) is 4.98 Å². The molecule has 2 aromatic heterocycles. The standard InChI is InChI=1S/C23H25N3O2/c1-4-27-22-17-10-11-18-14(2)19-16(13-24-28-19)12-23(18,3)20(17)25-21(26-22)15-8-6-5-7-9-15/h5-9,13-14,18H,4,10-12H2,1-3H3/t14-,18-,23-/m0/s1. The van der Waals surface area contributed by atoms with Crippen molar-refractivity contribution >= 4 is 0 Å². The SMILES string of the molecule is CCOc1nc(-c2ccccc2)nc2c1CC[C@H]1[C@H](C)c3oncc3C[C@]21C. The Morgan fingerprint density at radius 3 is 2.82 bits per heavy atom. The molecule has 0 radical (unpaired) electrons. The highest BCUT2D eigenvalue weighted by molar-refractivity contribution is 5.58. The summed E-state index contributed by atoms with van der Waals surface area (Å²) in [5.41, 5.74) is 4.46. The first kappa shape index (κ1) is 17.4. The Morgan fingerprint density at radius 2 is 2.04 bits per heavy atom. The molecule has 0 spiro atoms. The topological polar surface area (TPSA) is 61.0 Å². The van der Waals surface area contributed by atoms with Gasteiger partial charge in [-0.05, 0) is 32.1 Å². The number of hydrogen-bond donors (Lipinski definition) is 0. The van der Waals surface area contributed by atoms with Gasteiger partial charge in [0.15, 0.2) is 5.82 Å². The van der Waals surface area contributed by atoms with Crippen LogP contribution in [-0.4, -0.2) is 21.7 Å². The van der Waals surface area contributed by atoms with Crippen LogP contribution in [0.25, 0.3) is 11.4 Å². The minimum absolute atomic E-state index is 0.0795.